The van der Waals surface area contributed by atoms with Gasteiger partial charge in [-0.1, -0.05) is 18.2 Å². The Morgan fingerprint density at radius 2 is 1.93 bits per heavy atom. The van der Waals surface area contributed by atoms with Crippen molar-refractivity contribution in [3.63, 3.8) is 0 Å². The number of hydrogen-bond donors (Lipinski definition) is 2. The van der Waals surface area contributed by atoms with E-state index >= 15 is 0 Å². The van der Waals surface area contributed by atoms with Crippen molar-refractivity contribution in [2.75, 3.05) is 69.2 Å². The van der Waals surface area contributed by atoms with E-state index in [9.17, 15) is 13.2 Å². The Morgan fingerprint density at radius 1 is 1.20 bits per heavy atom. The number of methoxy groups -OCH3 is 1. The third-order valence-electron chi connectivity index (χ3n) is 7.11. The van der Waals surface area contributed by atoms with Gasteiger partial charge in [0.2, 0.25) is 27.8 Å². The molecule has 0 saturated carbocycles. The summed E-state index contributed by atoms with van der Waals surface area (Å²) in [6.07, 6.45) is 5.92. The van der Waals surface area contributed by atoms with Gasteiger partial charge in [-0.2, -0.15) is 9.29 Å². The Morgan fingerprint density at radius 3 is 2.52 bits per heavy atom. The number of halogens is 1. The normalized spacial score (nSPS) is 18.6. The Hall–Kier alpha value is -3.13. The second kappa shape index (κ2) is 12.6. The van der Waals surface area contributed by atoms with Gasteiger partial charge in [-0.05, 0) is 45.5 Å². The number of benzene rings is 1. The quantitative estimate of drug-likeness (QED) is 0.397. The minimum Gasteiger partial charge on any atom is -0.494 e. The summed E-state index contributed by atoms with van der Waals surface area (Å²) in [5, 5.41) is 6.25. The van der Waals surface area contributed by atoms with Crippen molar-refractivity contribution >= 4 is 50.5 Å². The molecule has 2 aliphatic rings. The summed E-state index contributed by atoms with van der Waals surface area (Å²) in [6, 6.07) is 4.15. The molecule has 2 aromatic rings. The lowest BCUT2D eigenvalue weighted by molar-refractivity contribution is -0.111. The molecule has 218 valence electrons. The summed E-state index contributed by atoms with van der Waals surface area (Å²) in [5.41, 5.74) is 1.95. The first-order valence-corrected chi connectivity index (χ1v) is 15.2. The molecule has 3 heterocycles. The molecule has 1 amide bonds. The molecule has 1 aromatic carbocycles. The molecule has 2 aliphatic heterocycles. The largest absolute Gasteiger partial charge is 0.494 e. The van der Waals surface area contributed by atoms with E-state index in [-0.39, 0.29) is 35.4 Å². The van der Waals surface area contributed by atoms with Gasteiger partial charge < -0.3 is 29.9 Å². The van der Waals surface area contributed by atoms with Crippen LogP contribution < -0.4 is 25.0 Å². The third kappa shape index (κ3) is 7.14. The second-order valence-electron chi connectivity index (χ2n) is 10.1. The number of nitrogens with zero attached hydrogens (tertiary/aromatic N) is 5. The average molecular weight is 594 g/mol. The molecule has 0 radical (unpaired) electrons. The van der Waals surface area contributed by atoms with Crippen LogP contribution in [0.3, 0.4) is 0 Å². The highest BCUT2D eigenvalue weighted by Crippen LogP contribution is 2.39. The van der Waals surface area contributed by atoms with Gasteiger partial charge in [0.25, 0.3) is 0 Å². The first-order chi connectivity index (χ1) is 19.0. The molecule has 0 aliphatic carbocycles. The summed E-state index contributed by atoms with van der Waals surface area (Å²) in [7, 11) is 2.44. The molecule has 1 unspecified atom stereocenters. The predicted octanol–water partition coefficient (Wildman–Crippen LogP) is 2.95. The minimum absolute atomic E-state index is 0.138. The lowest BCUT2D eigenvalue weighted by Crippen LogP contribution is -2.42. The van der Waals surface area contributed by atoms with Crippen LogP contribution in [0.25, 0.3) is 0 Å². The summed E-state index contributed by atoms with van der Waals surface area (Å²) in [5.74, 6) is 0.524. The number of rotatable bonds is 10. The van der Waals surface area contributed by atoms with E-state index in [1.54, 1.807) is 13.2 Å². The summed E-state index contributed by atoms with van der Waals surface area (Å²) in [6.45, 7) is 5.82. The van der Waals surface area contributed by atoms with E-state index in [0.29, 0.717) is 36.1 Å². The van der Waals surface area contributed by atoms with Crippen molar-refractivity contribution < 1.29 is 22.7 Å². The number of carbonyl (C=O) groups excluding carboxylic acids is 1. The van der Waals surface area contributed by atoms with E-state index in [2.05, 4.69) is 51.1 Å². The van der Waals surface area contributed by atoms with Crippen LogP contribution in [0.5, 0.6) is 11.6 Å². The maximum absolute atomic E-state index is 12.3. The Kier molecular flexibility index (Phi) is 9.39. The third-order valence-corrected chi connectivity index (χ3v) is 8.64. The van der Waals surface area contributed by atoms with Crippen molar-refractivity contribution in [3.8, 4) is 11.6 Å². The van der Waals surface area contributed by atoms with Gasteiger partial charge in [-0.15, -0.1) is 0 Å². The van der Waals surface area contributed by atoms with E-state index < -0.39 is 10.0 Å². The fourth-order valence-corrected chi connectivity index (χ4v) is 5.88. The molecule has 12 nitrogen and oxygen atoms in total. The molecule has 1 aromatic heterocycles. The number of amides is 1. The monoisotopic (exact) mass is 593 g/mol. The molecule has 0 spiro atoms. The van der Waals surface area contributed by atoms with Crippen LogP contribution in [0.1, 0.15) is 19.3 Å². The molecule has 2 N–H and O–H groups in total. The lowest BCUT2D eigenvalue weighted by atomic mass is 10.0. The molecule has 2 fully saturated rings. The van der Waals surface area contributed by atoms with Gasteiger partial charge in [-0.25, -0.2) is 13.4 Å². The van der Waals surface area contributed by atoms with E-state index in [1.165, 1.54) is 22.8 Å². The zero-order valence-electron chi connectivity index (χ0n) is 23.2. The van der Waals surface area contributed by atoms with Crippen molar-refractivity contribution in [2.45, 2.75) is 31.4 Å². The van der Waals surface area contributed by atoms with E-state index in [0.717, 1.165) is 31.6 Å². The maximum atomic E-state index is 12.3. The minimum atomic E-state index is -3.31. The number of aromatic nitrogens is 2. The highest BCUT2D eigenvalue weighted by molar-refractivity contribution is 7.88. The van der Waals surface area contributed by atoms with Crippen LogP contribution in [-0.4, -0.2) is 99.3 Å². The van der Waals surface area contributed by atoms with Crippen molar-refractivity contribution in [1.29, 1.82) is 0 Å². The number of hydrogen-bond acceptors (Lipinski definition) is 10. The van der Waals surface area contributed by atoms with Gasteiger partial charge in [0.1, 0.15) is 16.9 Å². The van der Waals surface area contributed by atoms with Crippen molar-refractivity contribution in [1.82, 2.24) is 19.2 Å². The van der Waals surface area contributed by atoms with Crippen LogP contribution in [0.15, 0.2) is 31.0 Å². The fraction of sp³-hybridized carbons (Fsp3) is 0.500. The lowest BCUT2D eigenvalue weighted by Gasteiger charge is -2.37. The van der Waals surface area contributed by atoms with Gasteiger partial charge in [0.05, 0.1) is 43.2 Å². The number of nitrogens with one attached hydrogen (secondary N) is 2. The average Bonchev–Trinajstić information content (AvgIpc) is 3.40. The zero-order valence-corrected chi connectivity index (χ0v) is 24.8. The van der Waals surface area contributed by atoms with Crippen LogP contribution in [0.2, 0.25) is 5.02 Å². The Bertz CT molecular complexity index is 1350. The van der Waals surface area contributed by atoms with Crippen LogP contribution in [-0.2, 0) is 14.8 Å². The molecule has 0 bridgehead atoms. The molecular weight excluding hydrogens is 558 g/mol. The number of anilines is 4. The molecule has 4 rings (SSSR count). The van der Waals surface area contributed by atoms with E-state index in [4.69, 9.17) is 21.1 Å². The highest BCUT2D eigenvalue weighted by Gasteiger charge is 2.31. The van der Waals surface area contributed by atoms with Crippen molar-refractivity contribution in [3.05, 3.63) is 36.0 Å². The Balaban J connectivity index is 1.58. The Labute approximate surface area is 240 Å². The summed E-state index contributed by atoms with van der Waals surface area (Å²) < 4.78 is 36.7. The number of ether oxygens (including phenoxy) is 2. The molecular formula is C26H36ClN7O5S. The highest BCUT2D eigenvalue weighted by atomic mass is 35.5. The predicted molar refractivity (Wildman–Crippen MR) is 157 cm³/mol. The summed E-state index contributed by atoms with van der Waals surface area (Å²) in [4.78, 5) is 25.5. The first kappa shape index (κ1) is 29.8. The molecule has 40 heavy (non-hydrogen) atoms. The summed E-state index contributed by atoms with van der Waals surface area (Å²) >= 11 is 6.30. The SMILES string of the molecule is C=CC(=O)Nc1cc(Nc2ncc(Cl)c(OC3CCN(S(C)(=O)=O)C3)n2)c(OC)cc1N1CCC(N(C)C)CC1. The molecule has 14 heteroatoms. The van der Waals surface area contributed by atoms with E-state index in [1.807, 2.05) is 6.07 Å². The maximum Gasteiger partial charge on any atom is 0.247 e. The smallest absolute Gasteiger partial charge is 0.247 e. The molecule has 2 saturated heterocycles. The van der Waals surface area contributed by atoms with Gasteiger partial charge in [0, 0.05) is 31.7 Å². The number of piperidine rings is 1. The zero-order chi connectivity index (χ0) is 29.0. The number of carbonyl (C=O) groups is 1. The van der Waals surface area contributed by atoms with Gasteiger partial charge >= 0.3 is 0 Å². The second-order valence-corrected chi connectivity index (χ2v) is 12.5. The first-order valence-electron chi connectivity index (χ1n) is 13.0. The van der Waals surface area contributed by atoms with Crippen LogP contribution in [0, 0.1) is 0 Å². The van der Waals surface area contributed by atoms with Gasteiger partial charge in [0.15, 0.2) is 0 Å². The number of sulfonamides is 1. The fourth-order valence-electron chi connectivity index (χ4n) is 4.87. The van der Waals surface area contributed by atoms with Crippen molar-refractivity contribution in [2.24, 2.45) is 0 Å². The standard InChI is InChI=1S/C26H36ClN7O5S/c1-6-24(35)29-20-13-21(23(38-4)14-22(20)33-10-7-17(8-11-33)32(2)3)30-26-28-15-19(27)25(31-26)39-18-9-12-34(16-18)40(5,36)37/h6,13-15,17-18H,1,7-12,16H2,2-5H3,(H,29,35)(H,28,30,31). The molecule has 1 atom stereocenters. The van der Waals surface area contributed by atoms with Crippen LogP contribution >= 0.6 is 11.6 Å². The van der Waals surface area contributed by atoms with Crippen LogP contribution in [0.4, 0.5) is 23.0 Å². The topological polar surface area (TPSA) is 129 Å². The van der Waals surface area contributed by atoms with Gasteiger partial charge in [-0.3, -0.25) is 4.79 Å².